The lowest BCUT2D eigenvalue weighted by atomic mass is 9.97. The number of carbonyl (C=O) groups is 1. The second-order valence-corrected chi connectivity index (χ2v) is 8.69. The monoisotopic (exact) mass is 395 g/mol. The van der Waals surface area contributed by atoms with Crippen LogP contribution in [0.25, 0.3) is 11.0 Å². The number of alkyl halides is 3. The number of piperidine rings is 1. The van der Waals surface area contributed by atoms with E-state index in [1.807, 2.05) is 20.8 Å². The molecule has 4 rings (SSSR count). The van der Waals surface area contributed by atoms with E-state index in [0.29, 0.717) is 23.9 Å². The third-order valence-corrected chi connectivity index (χ3v) is 5.53. The lowest BCUT2D eigenvalue weighted by molar-refractivity contribution is -0.148. The number of amides is 1. The smallest absolute Gasteiger partial charge is 0.444 e. The van der Waals surface area contributed by atoms with Gasteiger partial charge in [-0.2, -0.15) is 13.2 Å². The Labute approximate surface area is 161 Å². The van der Waals surface area contributed by atoms with Gasteiger partial charge in [0.15, 0.2) is 0 Å². The summed E-state index contributed by atoms with van der Waals surface area (Å²) in [6.07, 6.45) is -2.38. The number of nitrogens with zero attached hydrogens (tertiary/aromatic N) is 3. The van der Waals surface area contributed by atoms with Crippen LogP contribution in [-0.4, -0.2) is 38.2 Å². The Hall–Kier alpha value is -2.25. The van der Waals surface area contributed by atoms with Crippen LogP contribution < -0.4 is 0 Å². The summed E-state index contributed by atoms with van der Waals surface area (Å²) in [5.74, 6) is -0.858. The van der Waals surface area contributed by atoms with Crippen LogP contribution in [-0.2, 0) is 10.9 Å². The van der Waals surface area contributed by atoms with Crippen molar-refractivity contribution in [2.45, 2.75) is 76.4 Å². The van der Waals surface area contributed by atoms with E-state index in [1.165, 1.54) is 4.57 Å². The van der Waals surface area contributed by atoms with Crippen LogP contribution in [0, 0.1) is 0 Å². The fourth-order valence-corrected chi connectivity index (χ4v) is 4.59. The first-order valence-electron chi connectivity index (χ1n) is 9.60. The molecule has 2 aromatic rings. The molecule has 28 heavy (non-hydrogen) atoms. The molecule has 0 spiro atoms. The third-order valence-electron chi connectivity index (χ3n) is 5.53. The van der Waals surface area contributed by atoms with Crippen LogP contribution in [0.4, 0.5) is 18.0 Å². The molecule has 3 atom stereocenters. The van der Waals surface area contributed by atoms with Crippen molar-refractivity contribution in [2.24, 2.45) is 0 Å². The zero-order valence-electron chi connectivity index (χ0n) is 16.2. The Kier molecular flexibility index (Phi) is 4.35. The minimum atomic E-state index is -4.53. The molecule has 2 saturated heterocycles. The van der Waals surface area contributed by atoms with Crippen LogP contribution in [0.15, 0.2) is 24.3 Å². The van der Waals surface area contributed by atoms with Crippen LogP contribution >= 0.6 is 0 Å². The molecule has 2 fully saturated rings. The number of fused-ring (bicyclic) bond motifs is 3. The SMILES string of the molecule is CC(C)(C)OC(=O)N1[C@@H]2CC[C@H]1C[C@@H](n1c(C(F)(F)F)nc3ccccc31)C2. The normalized spacial score (nSPS) is 25.4. The van der Waals surface area contributed by atoms with Gasteiger partial charge in [0, 0.05) is 18.1 Å². The van der Waals surface area contributed by atoms with Gasteiger partial charge in [0.25, 0.3) is 0 Å². The standard InChI is InChI=1S/C20H24F3N3O2/c1-19(2,3)28-18(27)25-12-8-9-13(25)11-14(10-12)26-16-7-5-4-6-15(16)24-17(26)20(21,22)23/h4-7,12-14H,8-11H2,1-3H3/t12-,13+,14+. The highest BCUT2D eigenvalue weighted by Gasteiger charge is 2.47. The van der Waals surface area contributed by atoms with Crippen molar-refractivity contribution >= 4 is 17.1 Å². The first-order chi connectivity index (χ1) is 13.0. The second-order valence-electron chi connectivity index (χ2n) is 8.69. The highest BCUT2D eigenvalue weighted by Crippen LogP contribution is 2.44. The van der Waals surface area contributed by atoms with Gasteiger partial charge < -0.3 is 14.2 Å². The number of hydrogen-bond donors (Lipinski definition) is 0. The molecule has 1 amide bonds. The lowest BCUT2D eigenvalue weighted by Crippen LogP contribution is -2.49. The minimum Gasteiger partial charge on any atom is -0.444 e. The maximum atomic E-state index is 13.7. The fourth-order valence-electron chi connectivity index (χ4n) is 4.59. The van der Waals surface area contributed by atoms with Crippen molar-refractivity contribution in [2.75, 3.05) is 0 Å². The van der Waals surface area contributed by atoms with E-state index in [4.69, 9.17) is 4.74 Å². The van der Waals surface area contributed by atoms with E-state index in [1.54, 1.807) is 29.2 Å². The number of benzene rings is 1. The summed E-state index contributed by atoms with van der Waals surface area (Å²) in [6, 6.07) is 6.13. The molecular formula is C20H24F3N3O2. The van der Waals surface area contributed by atoms with Gasteiger partial charge in [0.2, 0.25) is 5.82 Å². The summed E-state index contributed by atoms with van der Waals surface area (Å²) < 4.78 is 47.9. The molecule has 1 aromatic heterocycles. The first-order valence-corrected chi connectivity index (χ1v) is 9.60. The van der Waals surface area contributed by atoms with Crippen molar-refractivity contribution in [1.82, 2.24) is 14.5 Å². The molecule has 5 nitrogen and oxygen atoms in total. The predicted octanol–water partition coefficient (Wildman–Crippen LogP) is 5.16. The molecule has 8 heteroatoms. The Bertz CT molecular complexity index is 886. The van der Waals surface area contributed by atoms with E-state index in [9.17, 15) is 18.0 Å². The number of carbonyl (C=O) groups excluding carboxylic acids is 1. The minimum absolute atomic E-state index is 0.110. The summed E-state index contributed by atoms with van der Waals surface area (Å²) in [5.41, 5.74) is 0.235. The predicted molar refractivity (Wildman–Crippen MR) is 97.9 cm³/mol. The molecule has 0 unspecified atom stereocenters. The van der Waals surface area contributed by atoms with Crippen LogP contribution in [0.3, 0.4) is 0 Å². The number of halogens is 3. The van der Waals surface area contributed by atoms with E-state index in [0.717, 1.165) is 12.8 Å². The summed E-state index contributed by atoms with van der Waals surface area (Å²) in [5, 5.41) is 0. The molecule has 0 radical (unpaired) electrons. The van der Waals surface area contributed by atoms with Crippen molar-refractivity contribution in [3.63, 3.8) is 0 Å². The zero-order chi connectivity index (χ0) is 20.3. The van der Waals surface area contributed by atoms with Crippen molar-refractivity contribution < 1.29 is 22.7 Å². The Morgan fingerprint density at radius 3 is 2.25 bits per heavy atom. The largest absolute Gasteiger partial charge is 0.449 e. The third kappa shape index (κ3) is 3.33. The molecule has 2 aliphatic heterocycles. The Morgan fingerprint density at radius 2 is 1.68 bits per heavy atom. The lowest BCUT2D eigenvalue weighted by Gasteiger charge is -2.40. The van der Waals surface area contributed by atoms with E-state index >= 15 is 0 Å². The van der Waals surface area contributed by atoms with Gasteiger partial charge in [-0.05, 0) is 58.6 Å². The average Bonchev–Trinajstić information content (AvgIpc) is 3.09. The highest BCUT2D eigenvalue weighted by molar-refractivity contribution is 5.76. The second kappa shape index (κ2) is 6.39. The molecule has 0 N–H and O–H groups in total. The van der Waals surface area contributed by atoms with Crippen molar-refractivity contribution in [3.8, 4) is 0 Å². The number of para-hydroxylation sites is 2. The van der Waals surface area contributed by atoms with Gasteiger partial charge in [-0.3, -0.25) is 0 Å². The van der Waals surface area contributed by atoms with Crippen LogP contribution in [0.5, 0.6) is 0 Å². The Balaban J connectivity index is 1.66. The van der Waals surface area contributed by atoms with Gasteiger partial charge in [0.1, 0.15) is 5.60 Å². The molecule has 2 bridgehead atoms. The molecule has 0 aliphatic carbocycles. The van der Waals surface area contributed by atoms with Crippen LogP contribution in [0.1, 0.15) is 58.3 Å². The number of imidazole rings is 1. The number of hydrogen-bond acceptors (Lipinski definition) is 3. The van der Waals surface area contributed by atoms with Crippen molar-refractivity contribution in [3.05, 3.63) is 30.1 Å². The number of aromatic nitrogens is 2. The zero-order valence-corrected chi connectivity index (χ0v) is 16.2. The maximum Gasteiger partial charge on any atom is 0.449 e. The van der Waals surface area contributed by atoms with E-state index in [2.05, 4.69) is 4.98 Å². The van der Waals surface area contributed by atoms with Gasteiger partial charge >= 0.3 is 12.3 Å². The van der Waals surface area contributed by atoms with Crippen LogP contribution in [0.2, 0.25) is 0 Å². The molecule has 152 valence electrons. The first kappa shape index (κ1) is 19.1. The molecule has 1 aromatic carbocycles. The topological polar surface area (TPSA) is 47.4 Å². The van der Waals surface area contributed by atoms with Gasteiger partial charge in [-0.15, -0.1) is 0 Å². The summed E-state index contributed by atoms with van der Waals surface area (Å²) in [6.45, 7) is 5.44. The fraction of sp³-hybridized carbons (Fsp3) is 0.600. The quantitative estimate of drug-likeness (QED) is 0.670. The number of ether oxygens (including phenoxy) is 1. The van der Waals surface area contributed by atoms with Gasteiger partial charge in [-0.25, -0.2) is 9.78 Å². The molecule has 0 saturated carbocycles. The summed E-state index contributed by atoms with van der Waals surface area (Å²) in [4.78, 5) is 18.2. The van der Waals surface area contributed by atoms with E-state index < -0.39 is 17.6 Å². The molecule has 2 aliphatic rings. The average molecular weight is 395 g/mol. The highest BCUT2D eigenvalue weighted by atomic mass is 19.4. The van der Waals surface area contributed by atoms with E-state index in [-0.39, 0.29) is 24.2 Å². The van der Waals surface area contributed by atoms with Crippen molar-refractivity contribution in [1.29, 1.82) is 0 Å². The maximum absolute atomic E-state index is 13.7. The molecule has 3 heterocycles. The summed E-state index contributed by atoms with van der Waals surface area (Å²) >= 11 is 0. The summed E-state index contributed by atoms with van der Waals surface area (Å²) in [7, 11) is 0. The Morgan fingerprint density at radius 1 is 1.07 bits per heavy atom. The molecular weight excluding hydrogens is 371 g/mol. The number of rotatable bonds is 1. The van der Waals surface area contributed by atoms with Gasteiger partial charge in [0.05, 0.1) is 11.0 Å². The van der Waals surface area contributed by atoms with Gasteiger partial charge in [-0.1, -0.05) is 12.1 Å².